The Hall–Kier alpha value is -0.730. The van der Waals surface area contributed by atoms with Gasteiger partial charge in [0.05, 0.1) is 26.4 Å². The average Bonchev–Trinajstić information content (AvgIpc) is 2.85. The van der Waals surface area contributed by atoms with Gasteiger partial charge in [0.15, 0.2) is 0 Å². The van der Waals surface area contributed by atoms with Crippen LogP contribution in [0.15, 0.2) is 0 Å². The van der Waals surface area contributed by atoms with E-state index in [0.29, 0.717) is 32.6 Å². The monoisotopic (exact) mass is 502 g/mol. The molecular formula is C28H58N2O5. The SMILES string of the molecule is CCCCCCCCC(CCCCCCCCC(=O)N(CCO)CCO)CCN(CCO)CCO. The second kappa shape index (κ2) is 26.3. The number of carbonyl (C=O) groups is 1. The van der Waals surface area contributed by atoms with Crippen molar-refractivity contribution in [3.63, 3.8) is 0 Å². The van der Waals surface area contributed by atoms with Gasteiger partial charge in [0, 0.05) is 32.6 Å². The minimum absolute atomic E-state index is 0.0297. The number of carbonyl (C=O) groups excluding carboxylic acids is 1. The van der Waals surface area contributed by atoms with Crippen LogP contribution >= 0.6 is 0 Å². The summed E-state index contributed by atoms with van der Waals surface area (Å²) in [5, 5.41) is 36.6. The van der Waals surface area contributed by atoms with Crippen LogP contribution in [0.2, 0.25) is 0 Å². The summed E-state index contributed by atoms with van der Waals surface area (Å²) < 4.78 is 0. The van der Waals surface area contributed by atoms with Crippen LogP contribution in [-0.2, 0) is 4.79 Å². The Morgan fingerprint density at radius 1 is 0.571 bits per heavy atom. The zero-order chi connectivity index (χ0) is 26.0. The molecule has 4 N–H and O–H groups in total. The lowest BCUT2D eigenvalue weighted by Crippen LogP contribution is -2.35. The molecule has 0 aliphatic rings. The van der Waals surface area contributed by atoms with Gasteiger partial charge in [0.25, 0.3) is 0 Å². The second-order valence-electron chi connectivity index (χ2n) is 9.99. The average molecular weight is 503 g/mol. The Morgan fingerprint density at radius 2 is 1.03 bits per heavy atom. The highest BCUT2D eigenvalue weighted by molar-refractivity contribution is 5.76. The number of aliphatic hydroxyl groups excluding tert-OH is 4. The fraction of sp³-hybridized carbons (Fsp3) is 0.964. The maximum Gasteiger partial charge on any atom is 0.222 e. The van der Waals surface area contributed by atoms with Crippen molar-refractivity contribution in [1.82, 2.24) is 9.80 Å². The van der Waals surface area contributed by atoms with Crippen molar-refractivity contribution in [1.29, 1.82) is 0 Å². The van der Waals surface area contributed by atoms with Gasteiger partial charge in [-0.1, -0.05) is 90.4 Å². The fourth-order valence-electron chi connectivity index (χ4n) is 4.81. The maximum absolute atomic E-state index is 12.2. The van der Waals surface area contributed by atoms with Crippen LogP contribution in [0.4, 0.5) is 0 Å². The molecule has 0 spiro atoms. The molecule has 7 nitrogen and oxygen atoms in total. The quantitative estimate of drug-likeness (QED) is 0.127. The molecule has 0 aromatic heterocycles. The number of unbranched alkanes of at least 4 members (excludes halogenated alkanes) is 10. The van der Waals surface area contributed by atoms with Crippen LogP contribution in [-0.4, -0.2) is 95.3 Å². The number of hydrogen-bond acceptors (Lipinski definition) is 6. The van der Waals surface area contributed by atoms with Crippen LogP contribution in [0.1, 0.15) is 110 Å². The first-order valence-corrected chi connectivity index (χ1v) is 14.6. The summed E-state index contributed by atoms with van der Waals surface area (Å²) in [6.45, 7) is 5.27. The predicted molar refractivity (Wildman–Crippen MR) is 144 cm³/mol. The molecule has 1 unspecified atom stereocenters. The van der Waals surface area contributed by atoms with E-state index in [-0.39, 0.29) is 32.3 Å². The Morgan fingerprint density at radius 3 is 1.51 bits per heavy atom. The van der Waals surface area contributed by atoms with Crippen LogP contribution < -0.4 is 0 Å². The van der Waals surface area contributed by atoms with E-state index in [1.54, 1.807) is 4.90 Å². The van der Waals surface area contributed by atoms with Crippen molar-refractivity contribution in [2.45, 2.75) is 110 Å². The lowest BCUT2D eigenvalue weighted by Gasteiger charge is -2.24. The smallest absolute Gasteiger partial charge is 0.222 e. The second-order valence-corrected chi connectivity index (χ2v) is 9.99. The number of rotatable bonds is 27. The minimum atomic E-state index is -0.0630. The normalized spacial score (nSPS) is 12.4. The molecule has 0 radical (unpaired) electrons. The molecule has 0 rings (SSSR count). The van der Waals surface area contributed by atoms with Crippen molar-refractivity contribution >= 4 is 5.91 Å². The molecule has 0 aromatic carbocycles. The van der Waals surface area contributed by atoms with E-state index in [1.165, 1.54) is 70.6 Å². The van der Waals surface area contributed by atoms with Crippen LogP contribution in [0.3, 0.4) is 0 Å². The number of aliphatic hydroxyl groups is 4. The van der Waals surface area contributed by atoms with E-state index in [1.807, 2.05) is 0 Å². The highest BCUT2D eigenvalue weighted by atomic mass is 16.3. The third-order valence-corrected chi connectivity index (χ3v) is 7.00. The topological polar surface area (TPSA) is 104 Å². The largest absolute Gasteiger partial charge is 0.395 e. The van der Waals surface area contributed by atoms with Crippen molar-refractivity contribution in [3.05, 3.63) is 0 Å². The van der Waals surface area contributed by atoms with Gasteiger partial charge in [-0.2, -0.15) is 0 Å². The van der Waals surface area contributed by atoms with Crippen molar-refractivity contribution < 1.29 is 25.2 Å². The highest BCUT2D eigenvalue weighted by Crippen LogP contribution is 2.22. The van der Waals surface area contributed by atoms with Gasteiger partial charge in [0.1, 0.15) is 0 Å². The van der Waals surface area contributed by atoms with Gasteiger partial charge in [-0.15, -0.1) is 0 Å². The molecule has 0 bridgehead atoms. The molecule has 1 atom stereocenters. The Kier molecular flexibility index (Phi) is 25.8. The lowest BCUT2D eigenvalue weighted by molar-refractivity contribution is -0.132. The third kappa shape index (κ3) is 21.1. The van der Waals surface area contributed by atoms with Crippen LogP contribution in [0.25, 0.3) is 0 Å². The van der Waals surface area contributed by atoms with Crippen molar-refractivity contribution in [3.8, 4) is 0 Å². The van der Waals surface area contributed by atoms with Gasteiger partial charge >= 0.3 is 0 Å². The molecule has 35 heavy (non-hydrogen) atoms. The Labute approximate surface area is 215 Å². The highest BCUT2D eigenvalue weighted by Gasteiger charge is 2.13. The molecule has 7 heteroatoms. The molecule has 210 valence electrons. The zero-order valence-corrected chi connectivity index (χ0v) is 22.8. The molecular weight excluding hydrogens is 444 g/mol. The number of hydrogen-bond donors (Lipinski definition) is 4. The summed E-state index contributed by atoms with van der Waals surface area (Å²) in [6.07, 6.45) is 18.9. The summed E-state index contributed by atoms with van der Waals surface area (Å²) in [5.74, 6) is 0.754. The number of amides is 1. The van der Waals surface area contributed by atoms with E-state index in [4.69, 9.17) is 10.2 Å². The third-order valence-electron chi connectivity index (χ3n) is 7.00. The van der Waals surface area contributed by atoms with Gasteiger partial charge in [-0.05, 0) is 25.3 Å². The summed E-state index contributed by atoms with van der Waals surface area (Å²) in [4.78, 5) is 15.9. The Bertz CT molecular complexity index is 441. The number of nitrogens with zero attached hydrogens (tertiary/aromatic N) is 2. The molecule has 0 aliphatic carbocycles. The van der Waals surface area contributed by atoms with E-state index in [2.05, 4.69) is 11.8 Å². The summed E-state index contributed by atoms with van der Waals surface area (Å²) in [6, 6.07) is 0. The van der Waals surface area contributed by atoms with Gasteiger partial charge < -0.3 is 25.3 Å². The molecule has 0 aliphatic heterocycles. The van der Waals surface area contributed by atoms with Gasteiger partial charge in [-0.25, -0.2) is 0 Å². The molecule has 0 saturated carbocycles. The van der Waals surface area contributed by atoms with Crippen molar-refractivity contribution in [2.24, 2.45) is 5.92 Å². The van der Waals surface area contributed by atoms with E-state index in [0.717, 1.165) is 38.1 Å². The summed E-state index contributed by atoms with van der Waals surface area (Å²) in [5.41, 5.74) is 0. The van der Waals surface area contributed by atoms with E-state index >= 15 is 0 Å². The summed E-state index contributed by atoms with van der Waals surface area (Å²) >= 11 is 0. The first-order valence-electron chi connectivity index (χ1n) is 14.6. The molecule has 0 heterocycles. The first-order chi connectivity index (χ1) is 17.1. The van der Waals surface area contributed by atoms with Crippen LogP contribution in [0.5, 0.6) is 0 Å². The predicted octanol–water partition coefficient (Wildman–Crippen LogP) is 3.96. The fourth-order valence-corrected chi connectivity index (χ4v) is 4.81. The van der Waals surface area contributed by atoms with E-state index in [9.17, 15) is 15.0 Å². The van der Waals surface area contributed by atoms with Crippen molar-refractivity contribution in [2.75, 3.05) is 59.2 Å². The van der Waals surface area contributed by atoms with E-state index < -0.39 is 0 Å². The van der Waals surface area contributed by atoms with Crippen LogP contribution in [0, 0.1) is 5.92 Å². The Balaban J connectivity index is 4.15. The molecule has 0 fully saturated rings. The lowest BCUT2D eigenvalue weighted by atomic mass is 9.91. The maximum atomic E-state index is 12.2. The van der Waals surface area contributed by atoms with Gasteiger partial charge in [-0.3, -0.25) is 9.69 Å². The zero-order valence-electron chi connectivity index (χ0n) is 22.8. The molecule has 1 amide bonds. The summed E-state index contributed by atoms with van der Waals surface area (Å²) in [7, 11) is 0. The van der Waals surface area contributed by atoms with Gasteiger partial charge in [0.2, 0.25) is 5.91 Å². The minimum Gasteiger partial charge on any atom is -0.395 e. The standard InChI is InChI=1S/C28H58N2O5/c1-2-3-4-5-8-11-14-27(17-18-29(19-23-31)20-24-32)15-12-9-6-7-10-13-16-28(35)30(21-25-33)22-26-34/h27,31-34H,2-26H2,1H3. The molecule has 0 saturated heterocycles. The first kappa shape index (κ1) is 34.3. The molecule has 0 aromatic rings.